The molecule has 0 unspecified atom stereocenters. The fraction of sp³-hybridized carbons (Fsp3) is 0.273. The lowest BCUT2D eigenvalue weighted by molar-refractivity contribution is -0.122. The third-order valence-electron chi connectivity index (χ3n) is 3.99. The van der Waals surface area contributed by atoms with Gasteiger partial charge in [0.05, 0.1) is 0 Å². The summed E-state index contributed by atoms with van der Waals surface area (Å²) in [6, 6.07) is 14.9. The van der Waals surface area contributed by atoms with Gasteiger partial charge in [-0.3, -0.25) is 9.59 Å². The Hall–Kier alpha value is -2.88. The number of amides is 1. The number of allylic oxidation sites excluding steroid dienone is 1. The smallest absolute Gasteiger partial charge is 0.257 e. The van der Waals surface area contributed by atoms with Crippen molar-refractivity contribution in [1.82, 2.24) is 5.32 Å². The normalized spacial score (nSPS) is 11.4. The van der Waals surface area contributed by atoms with Crippen molar-refractivity contribution in [3.8, 4) is 5.75 Å². The Labute approximate surface area is 154 Å². The molecule has 0 saturated carbocycles. The summed E-state index contributed by atoms with van der Waals surface area (Å²) < 4.78 is 5.32. The molecule has 136 valence electrons. The second-order valence-corrected chi connectivity index (χ2v) is 7.06. The summed E-state index contributed by atoms with van der Waals surface area (Å²) in [6.07, 6.45) is 3.37. The van der Waals surface area contributed by atoms with E-state index in [1.807, 2.05) is 18.2 Å². The number of likely N-dealkylation sites (N-methyl/N-ethyl adjacent to an activating group) is 1. The van der Waals surface area contributed by atoms with E-state index in [1.54, 1.807) is 37.4 Å². The number of hydrogen-bond acceptors (Lipinski definition) is 3. The van der Waals surface area contributed by atoms with Crippen LogP contribution in [-0.2, 0) is 10.2 Å². The molecule has 1 N–H and O–H groups in total. The molecule has 0 bridgehead atoms. The molecule has 0 aliphatic rings. The number of rotatable bonds is 6. The van der Waals surface area contributed by atoms with Crippen LogP contribution in [0.2, 0.25) is 0 Å². The molecule has 2 aromatic rings. The van der Waals surface area contributed by atoms with Crippen molar-refractivity contribution < 1.29 is 14.3 Å². The zero-order valence-electron chi connectivity index (χ0n) is 15.7. The third kappa shape index (κ3) is 5.59. The van der Waals surface area contributed by atoms with E-state index in [-0.39, 0.29) is 23.7 Å². The summed E-state index contributed by atoms with van der Waals surface area (Å²) in [6.45, 7) is 6.46. The van der Waals surface area contributed by atoms with E-state index in [4.69, 9.17) is 4.74 Å². The SMILES string of the molecule is CNC(=O)COc1ccc(C(=O)/C=C/c2ccc(C(C)(C)C)cc2)cc1. The molecule has 1 amide bonds. The lowest BCUT2D eigenvalue weighted by Crippen LogP contribution is -2.24. The van der Waals surface area contributed by atoms with Crippen LogP contribution in [0, 0.1) is 0 Å². The summed E-state index contributed by atoms with van der Waals surface area (Å²) >= 11 is 0. The number of carbonyl (C=O) groups excluding carboxylic acids is 2. The molecular formula is C22H25NO3. The van der Waals surface area contributed by atoms with Crippen molar-refractivity contribution in [2.75, 3.05) is 13.7 Å². The lowest BCUT2D eigenvalue weighted by atomic mass is 9.87. The maximum Gasteiger partial charge on any atom is 0.257 e. The fourth-order valence-corrected chi connectivity index (χ4v) is 2.30. The molecule has 0 fully saturated rings. The highest BCUT2D eigenvalue weighted by Gasteiger charge is 2.12. The van der Waals surface area contributed by atoms with Gasteiger partial charge in [0.1, 0.15) is 5.75 Å². The number of ether oxygens (including phenoxy) is 1. The lowest BCUT2D eigenvalue weighted by Gasteiger charge is -2.18. The predicted octanol–water partition coefficient (Wildman–Crippen LogP) is 4.01. The maximum absolute atomic E-state index is 12.3. The average molecular weight is 351 g/mol. The van der Waals surface area contributed by atoms with Crippen molar-refractivity contribution in [1.29, 1.82) is 0 Å². The minimum atomic E-state index is -0.203. The molecular weight excluding hydrogens is 326 g/mol. The van der Waals surface area contributed by atoms with Gasteiger partial charge in [-0.1, -0.05) is 51.1 Å². The number of hydrogen-bond donors (Lipinski definition) is 1. The van der Waals surface area contributed by atoms with Crippen LogP contribution < -0.4 is 10.1 Å². The van der Waals surface area contributed by atoms with Crippen LogP contribution in [0.3, 0.4) is 0 Å². The predicted molar refractivity (Wildman–Crippen MR) is 105 cm³/mol. The number of carbonyl (C=O) groups is 2. The van der Waals surface area contributed by atoms with E-state index >= 15 is 0 Å². The Balaban J connectivity index is 1.98. The van der Waals surface area contributed by atoms with Crippen molar-refractivity contribution in [3.63, 3.8) is 0 Å². The first kappa shape index (κ1) is 19.4. The Morgan fingerprint density at radius 2 is 1.62 bits per heavy atom. The standard InChI is InChI=1S/C22H25NO3/c1-22(2,3)18-10-5-16(6-11-18)7-14-20(24)17-8-12-19(13-9-17)26-15-21(25)23-4/h5-14H,15H2,1-4H3,(H,23,25)/b14-7+. The van der Waals surface area contributed by atoms with Crippen LogP contribution in [-0.4, -0.2) is 25.3 Å². The molecule has 0 spiro atoms. The van der Waals surface area contributed by atoms with Crippen LogP contribution in [0.5, 0.6) is 5.75 Å². The minimum Gasteiger partial charge on any atom is -0.484 e. The first-order valence-electron chi connectivity index (χ1n) is 8.56. The van der Waals surface area contributed by atoms with E-state index < -0.39 is 0 Å². The Morgan fingerprint density at radius 3 is 2.15 bits per heavy atom. The summed E-state index contributed by atoms with van der Waals surface area (Å²) in [5.74, 6) is 0.264. The Morgan fingerprint density at radius 1 is 1.00 bits per heavy atom. The molecule has 0 radical (unpaired) electrons. The zero-order valence-corrected chi connectivity index (χ0v) is 15.7. The monoisotopic (exact) mass is 351 g/mol. The maximum atomic E-state index is 12.3. The molecule has 0 aliphatic heterocycles. The second-order valence-electron chi connectivity index (χ2n) is 7.06. The molecule has 0 aliphatic carbocycles. The van der Waals surface area contributed by atoms with Crippen LogP contribution in [0.4, 0.5) is 0 Å². The highest BCUT2D eigenvalue weighted by molar-refractivity contribution is 6.06. The van der Waals surface area contributed by atoms with Crippen LogP contribution in [0.25, 0.3) is 6.08 Å². The van der Waals surface area contributed by atoms with Crippen molar-refractivity contribution >= 4 is 17.8 Å². The fourth-order valence-electron chi connectivity index (χ4n) is 2.30. The van der Waals surface area contributed by atoms with Gasteiger partial charge in [-0.05, 0) is 46.9 Å². The molecule has 4 heteroatoms. The minimum absolute atomic E-state index is 0.0474. The summed E-state index contributed by atoms with van der Waals surface area (Å²) in [4.78, 5) is 23.4. The van der Waals surface area contributed by atoms with Gasteiger partial charge in [0.25, 0.3) is 5.91 Å². The molecule has 0 heterocycles. The van der Waals surface area contributed by atoms with Gasteiger partial charge in [-0.25, -0.2) is 0 Å². The number of nitrogens with one attached hydrogen (secondary N) is 1. The number of ketones is 1. The third-order valence-corrected chi connectivity index (χ3v) is 3.99. The van der Waals surface area contributed by atoms with Gasteiger partial charge in [-0.2, -0.15) is 0 Å². The molecule has 0 atom stereocenters. The highest BCUT2D eigenvalue weighted by Crippen LogP contribution is 2.22. The molecule has 2 aromatic carbocycles. The Bertz CT molecular complexity index is 782. The summed E-state index contributed by atoms with van der Waals surface area (Å²) in [7, 11) is 1.55. The van der Waals surface area contributed by atoms with Crippen molar-refractivity contribution in [2.24, 2.45) is 0 Å². The molecule has 4 nitrogen and oxygen atoms in total. The van der Waals surface area contributed by atoms with Gasteiger partial charge in [0.15, 0.2) is 12.4 Å². The topological polar surface area (TPSA) is 55.4 Å². The van der Waals surface area contributed by atoms with E-state index in [0.717, 1.165) is 5.56 Å². The molecule has 0 aromatic heterocycles. The molecule has 0 saturated heterocycles. The van der Waals surface area contributed by atoms with Gasteiger partial charge in [0.2, 0.25) is 0 Å². The first-order chi connectivity index (χ1) is 12.3. The summed E-state index contributed by atoms with van der Waals surface area (Å²) in [5, 5.41) is 2.48. The van der Waals surface area contributed by atoms with E-state index in [1.165, 1.54) is 5.56 Å². The quantitative estimate of drug-likeness (QED) is 0.632. The average Bonchev–Trinajstić information content (AvgIpc) is 2.64. The van der Waals surface area contributed by atoms with Crippen molar-refractivity contribution in [3.05, 3.63) is 71.3 Å². The molecule has 2 rings (SSSR count). The van der Waals surface area contributed by atoms with E-state index in [9.17, 15) is 9.59 Å². The van der Waals surface area contributed by atoms with Crippen LogP contribution in [0.1, 0.15) is 42.3 Å². The van der Waals surface area contributed by atoms with Gasteiger partial charge < -0.3 is 10.1 Å². The van der Waals surface area contributed by atoms with Gasteiger partial charge in [-0.15, -0.1) is 0 Å². The van der Waals surface area contributed by atoms with Gasteiger partial charge >= 0.3 is 0 Å². The van der Waals surface area contributed by atoms with Crippen LogP contribution >= 0.6 is 0 Å². The molecule has 26 heavy (non-hydrogen) atoms. The largest absolute Gasteiger partial charge is 0.484 e. The zero-order chi connectivity index (χ0) is 19.2. The summed E-state index contributed by atoms with van der Waals surface area (Å²) in [5.41, 5.74) is 2.92. The first-order valence-corrected chi connectivity index (χ1v) is 8.56. The van der Waals surface area contributed by atoms with E-state index in [2.05, 4.69) is 38.2 Å². The van der Waals surface area contributed by atoms with Gasteiger partial charge in [0, 0.05) is 12.6 Å². The van der Waals surface area contributed by atoms with Crippen molar-refractivity contribution in [2.45, 2.75) is 26.2 Å². The van der Waals surface area contributed by atoms with Crippen LogP contribution in [0.15, 0.2) is 54.6 Å². The number of benzene rings is 2. The Kier molecular flexibility index (Phi) is 6.34. The highest BCUT2D eigenvalue weighted by atomic mass is 16.5. The second kappa shape index (κ2) is 8.48. The van der Waals surface area contributed by atoms with E-state index in [0.29, 0.717) is 11.3 Å².